The summed E-state index contributed by atoms with van der Waals surface area (Å²) in [6, 6.07) is 6.24. The Labute approximate surface area is 102 Å². The highest BCUT2D eigenvalue weighted by molar-refractivity contribution is 7.07. The summed E-state index contributed by atoms with van der Waals surface area (Å²) in [5, 5.41) is 14.0. The van der Waals surface area contributed by atoms with Crippen molar-refractivity contribution >= 4 is 11.3 Å². The predicted octanol–water partition coefficient (Wildman–Crippen LogP) is 3.44. The van der Waals surface area contributed by atoms with Crippen LogP contribution in [0.1, 0.15) is 29.8 Å². The van der Waals surface area contributed by atoms with Gasteiger partial charge in [0.25, 0.3) is 0 Å². The molecule has 0 saturated carbocycles. The molecule has 2 nitrogen and oxygen atoms in total. The SMILES string of the molecule is OC1CC(c2ccsc2)Oc2ccc(F)cc21. The minimum Gasteiger partial charge on any atom is -0.485 e. The highest BCUT2D eigenvalue weighted by Gasteiger charge is 2.28. The molecule has 0 aliphatic carbocycles. The zero-order valence-electron chi connectivity index (χ0n) is 8.97. The molecule has 1 aliphatic heterocycles. The lowest BCUT2D eigenvalue weighted by atomic mass is 9.96. The lowest BCUT2D eigenvalue weighted by molar-refractivity contribution is 0.0655. The maximum absolute atomic E-state index is 13.1. The van der Waals surface area contributed by atoms with E-state index < -0.39 is 6.10 Å². The second-order valence-electron chi connectivity index (χ2n) is 4.10. The van der Waals surface area contributed by atoms with Crippen LogP contribution in [0.3, 0.4) is 0 Å². The van der Waals surface area contributed by atoms with Gasteiger partial charge in [0.2, 0.25) is 0 Å². The first kappa shape index (κ1) is 10.7. The molecule has 0 bridgehead atoms. The van der Waals surface area contributed by atoms with Gasteiger partial charge in [0, 0.05) is 17.5 Å². The van der Waals surface area contributed by atoms with E-state index >= 15 is 0 Å². The fourth-order valence-corrected chi connectivity index (χ4v) is 2.78. The van der Waals surface area contributed by atoms with Crippen LogP contribution >= 0.6 is 11.3 Å². The molecule has 1 aromatic carbocycles. The largest absolute Gasteiger partial charge is 0.485 e. The zero-order valence-corrected chi connectivity index (χ0v) is 9.78. The lowest BCUT2D eigenvalue weighted by Gasteiger charge is -2.29. The number of ether oxygens (including phenoxy) is 1. The number of hydrogen-bond donors (Lipinski definition) is 1. The van der Waals surface area contributed by atoms with E-state index in [1.165, 1.54) is 12.1 Å². The molecule has 0 fully saturated rings. The van der Waals surface area contributed by atoms with Crippen LogP contribution in [0, 0.1) is 5.82 Å². The van der Waals surface area contributed by atoms with Crippen molar-refractivity contribution < 1.29 is 14.2 Å². The Bertz CT molecular complexity index is 524. The van der Waals surface area contributed by atoms with E-state index in [1.807, 2.05) is 16.8 Å². The minimum atomic E-state index is -0.667. The lowest BCUT2D eigenvalue weighted by Crippen LogP contribution is -2.18. The number of fused-ring (bicyclic) bond motifs is 1. The van der Waals surface area contributed by atoms with Gasteiger partial charge in [0.05, 0.1) is 6.10 Å². The Hall–Kier alpha value is -1.39. The molecule has 1 aliphatic rings. The van der Waals surface area contributed by atoms with E-state index in [2.05, 4.69) is 0 Å². The first-order valence-corrected chi connectivity index (χ1v) is 6.34. The van der Waals surface area contributed by atoms with Crippen molar-refractivity contribution in [2.75, 3.05) is 0 Å². The van der Waals surface area contributed by atoms with Gasteiger partial charge in [-0.15, -0.1) is 0 Å². The van der Waals surface area contributed by atoms with E-state index in [-0.39, 0.29) is 11.9 Å². The highest BCUT2D eigenvalue weighted by atomic mass is 32.1. The Morgan fingerprint density at radius 2 is 2.24 bits per heavy atom. The van der Waals surface area contributed by atoms with Gasteiger partial charge in [0.1, 0.15) is 17.7 Å². The van der Waals surface area contributed by atoms with Crippen molar-refractivity contribution in [3.05, 3.63) is 52.0 Å². The zero-order chi connectivity index (χ0) is 11.8. The van der Waals surface area contributed by atoms with Crippen molar-refractivity contribution in [3.63, 3.8) is 0 Å². The minimum absolute atomic E-state index is 0.144. The van der Waals surface area contributed by atoms with Crippen molar-refractivity contribution in [1.29, 1.82) is 0 Å². The monoisotopic (exact) mass is 250 g/mol. The van der Waals surface area contributed by atoms with Gasteiger partial charge in [-0.3, -0.25) is 0 Å². The van der Waals surface area contributed by atoms with Gasteiger partial charge in [0.15, 0.2) is 0 Å². The van der Waals surface area contributed by atoms with Crippen LogP contribution in [0.25, 0.3) is 0 Å². The van der Waals surface area contributed by atoms with Crippen molar-refractivity contribution in [2.24, 2.45) is 0 Å². The molecule has 0 amide bonds. The molecule has 17 heavy (non-hydrogen) atoms. The number of rotatable bonds is 1. The molecule has 2 atom stereocenters. The third-order valence-electron chi connectivity index (χ3n) is 2.95. The normalized spacial score (nSPS) is 22.9. The van der Waals surface area contributed by atoms with Gasteiger partial charge < -0.3 is 9.84 Å². The second kappa shape index (κ2) is 4.13. The highest BCUT2D eigenvalue weighted by Crippen LogP contribution is 2.41. The molecule has 2 heterocycles. The predicted molar refractivity (Wildman–Crippen MR) is 63.7 cm³/mol. The van der Waals surface area contributed by atoms with Gasteiger partial charge >= 0.3 is 0 Å². The van der Waals surface area contributed by atoms with Gasteiger partial charge in [-0.1, -0.05) is 0 Å². The molecule has 4 heteroatoms. The summed E-state index contributed by atoms with van der Waals surface area (Å²) < 4.78 is 18.9. The molecular formula is C13H11FO2S. The first-order chi connectivity index (χ1) is 8.24. The van der Waals surface area contributed by atoms with Crippen molar-refractivity contribution in [3.8, 4) is 5.75 Å². The Morgan fingerprint density at radius 1 is 1.35 bits per heavy atom. The Morgan fingerprint density at radius 3 is 3.00 bits per heavy atom. The Balaban J connectivity index is 1.96. The number of aliphatic hydroxyl groups excluding tert-OH is 1. The Kier molecular flexibility index (Phi) is 2.61. The van der Waals surface area contributed by atoms with Crippen molar-refractivity contribution in [2.45, 2.75) is 18.6 Å². The standard InChI is InChI=1S/C13H11FO2S/c14-9-1-2-12-10(5-9)11(15)6-13(16-12)8-3-4-17-7-8/h1-5,7,11,13,15H,6H2. The second-order valence-corrected chi connectivity index (χ2v) is 4.88. The molecule has 1 N–H and O–H groups in total. The molecule has 1 aromatic heterocycles. The number of halogens is 1. The van der Waals surface area contributed by atoms with Crippen LogP contribution in [0.15, 0.2) is 35.0 Å². The van der Waals surface area contributed by atoms with E-state index in [4.69, 9.17) is 4.74 Å². The van der Waals surface area contributed by atoms with Crippen LogP contribution in [0.4, 0.5) is 4.39 Å². The topological polar surface area (TPSA) is 29.5 Å². The maximum atomic E-state index is 13.1. The fraction of sp³-hybridized carbons (Fsp3) is 0.231. The van der Waals surface area contributed by atoms with Crippen LogP contribution < -0.4 is 4.74 Å². The molecule has 88 valence electrons. The summed E-state index contributed by atoms with van der Waals surface area (Å²) in [7, 11) is 0. The summed E-state index contributed by atoms with van der Waals surface area (Å²) in [6.07, 6.45) is -0.346. The van der Waals surface area contributed by atoms with Gasteiger partial charge in [-0.25, -0.2) is 4.39 Å². The quantitative estimate of drug-likeness (QED) is 0.840. The summed E-state index contributed by atoms with van der Waals surface area (Å²) in [4.78, 5) is 0. The number of benzene rings is 1. The molecule has 0 saturated heterocycles. The molecule has 0 radical (unpaired) electrons. The maximum Gasteiger partial charge on any atom is 0.127 e. The summed E-state index contributed by atoms with van der Waals surface area (Å²) in [5.41, 5.74) is 1.60. The molecule has 0 spiro atoms. The summed E-state index contributed by atoms with van der Waals surface area (Å²) in [5.74, 6) is 0.224. The molecular weight excluding hydrogens is 239 g/mol. The number of aliphatic hydroxyl groups is 1. The van der Waals surface area contributed by atoms with E-state index in [1.54, 1.807) is 17.4 Å². The van der Waals surface area contributed by atoms with E-state index in [0.717, 1.165) is 5.56 Å². The molecule has 2 unspecified atom stereocenters. The number of thiophene rings is 1. The third-order valence-corrected chi connectivity index (χ3v) is 3.65. The van der Waals surface area contributed by atoms with Gasteiger partial charge in [-0.2, -0.15) is 11.3 Å². The van der Waals surface area contributed by atoms with Crippen LogP contribution in [0.5, 0.6) is 5.75 Å². The van der Waals surface area contributed by atoms with E-state index in [9.17, 15) is 9.50 Å². The summed E-state index contributed by atoms with van der Waals surface area (Å²) >= 11 is 1.60. The van der Waals surface area contributed by atoms with Crippen LogP contribution in [0.2, 0.25) is 0 Å². The summed E-state index contributed by atoms with van der Waals surface area (Å²) in [6.45, 7) is 0. The molecule has 3 rings (SSSR count). The smallest absolute Gasteiger partial charge is 0.127 e. The van der Waals surface area contributed by atoms with E-state index in [0.29, 0.717) is 17.7 Å². The average Bonchev–Trinajstić information content (AvgIpc) is 2.83. The van der Waals surface area contributed by atoms with Crippen LogP contribution in [-0.4, -0.2) is 5.11 Å². The average molecular weight is 250 g/mol. The van der Waals surface area contributed by atoms with Crippen LogP contribution in [-0.2, 0) is 0 Å². The van der Waals surface area contributed by atoms with Gasteiger partial charge in [-0.05, 0) is 35.0 Å². The molecule has 2 aromatic rings. The van der Waals surface area contributed by atoms with Crippen molar-refractivity contribution in [1.82, 2.24) is 0 Å². The first-order valence-electron chi connectivity index (χ1n) is 5.40. The fourth-order valence-electron chi connectivity index (χ4n) is 2.08. The number of hydrogen-bond acceptors (Lipinski definition) is 3. The third kappa shape index (κ3) is 1.94.